The Morgan fingerprint density at radius 1 is 0.648 bits per heavy atom. The second kappa shape index (κ2) is 18.8. The lowest BCUT2D eigenvalue weighted by atomic mass is 9.96. The maximum absolute atomic E-state index is 12.5. The molecule has 0 amide bonds. The first kappa shape index (κ1) is 41.6. The predicted octanol–water partition coefficient (Wildman–Crippen LogP) is -2.13. The minimum Gasteiger partial charge on any atom is -0.508 e. The van der Waals surface area contributed by atoms with Gasteiger partial charge in [-0.05, 0) is 48.4 Å². The second-order valence-corrected chi connectivity index (χ2v) is 13.0. The van der Waals surface area contributed by atoms with Crippen LogP contribution in [-0.4, -0.2) is 169 Å². The van der Waals surface area contributed by atoms with Crippen LogP contribution in [0.3, 0.4) is 0 Å². The molecule has 0 bridgehead atoms. The summed E-state index contributed by atoms with van der Waals surface area (Å²) in [6, 6.07) is 12.3. The molecular weight excluding hydrogens is 720 g/mol. The van der Waals surface area contributed by atoms with Crippen molar-refractivity contribution in [1.29, 1.82) is 0 Å². The molecular formula is C36H46O18. The molecule has 3 aliphatic heterocycles. The number of aromatic hydroxyl groups is 2. The molecule has 3 saturated heterocycles. The third-order valence-corrected chi connectivity index (χ3v) is 9.10. The van der Waals surface area contributed by atoms with Crippen LogP contribution in [-0.2, 0) is 38.0 Å². The third kappa shape index (κ3) is 10.2. The summed E-state index contributed by atoms with van der Waals surface area (Å²) < 4.78 is 39.4. The van der Waals surface area contributed by atoms with Gasteiger partial charge < -0.3 is 84.2 Å². The van der Waals surface area contributed by atoms with E-state index < -0.39 is 111 Å². The van der Waals surface area contributed by atoms with E-state index in [1.165, 1.54) is 37.3 Å². The zero-order chi connectivity index (χ0) is 39.1. The van der Waals surface area contributed by atoms with Crippen LogP contribution in [0.5, 0.6) is 11.5 Å². The lowest BCUT2D eigenvalue weighted by molar-refractivity contribution is -0.376. The minimum atomic E-state index is -1.90. The SMILES string of the molecule is CC1OC(OC2C(O)C(COC(=O)C=Cc3ccc(O)cc3)OC(OCC=Cc3ccc(O)cc3)C2O)C(O)C(O)C1OC1OC(CO)C(O)C(O)C1O. The average Bonchev–Trinajstić information content (AvgIpc) is 3.16. The molecule has 0 saturated carbocycles. The van der Waals surface area contributed by atoms with E-state index in [0.717, 1.165) is 11.6 Å². The van der Waals surface area contributed by atoms with Crippen molar-refractivity contribution in [2.24, 2.45) is 0 Å². The van der Waals surface area contributed by atoms with Crippen molar-refractivity contribution in [1.82, 2.24) is 0 Å². The summed E-state index contributed by atoms with van der Waals surface area (Å²) in [5.41, 5.74) is 1.32. The number of rotatable bonds is 13. The summed E-state index contributed by atoms with van der Waals surface area (Å²) in [7, 11) is 0. The monoisotopic (exact) mass is 766 g/mol. The maximum atomic E-state index is 12.5. The number of aliphatic hydroxyl groups is 8. The Bertz CT molecular complexity index is 1540. The lowest BCUT2D eigenvalue weighted by Gasteiger charge is -2.47. The molecule has 0 aliphatic carbocycles. The van der Waals surface area contributed by atoms with Crippen molar-refractivity contribution in [3.05, 3.63) is 71.8 Å². The van der Waals surface area contributed by atoms with Crippen LogP contribution in [0.1, 0.15) is 18.1 Å². The summed E-state index contributed by atoms with van der Waals surface area (Å²) >= 11 is 0. The van der Waals surface area contributed by atoms with Crippen molar-refractivity contribution in [3.63, 3.8) is 0 Å². The first-order chi connectivity index (χ1) is 25.8. The number of carbonyl (C=O) groups excluding carboxylic acids is 1. The van der Waals surface area contributed by atoms with E-state index in [1.54, 1.807) is 36.4 Å². The summed E-state index contributed by atoms with van der Waals surface area (Å²) in [6.07, 6.45) is -18.2. The molecule has 0 spiro atoms. The number of carbonyl (C=O) groups is 1. The van der Waals surface area contributed by atoms with Gasteiger partial charge in [0.1, 0.15) is 85.2 Å². The Kier molecular flexibility index (Phi) is 14.5. The highest BCUT2D eigenvalue weighted by Crippen LogP contribution is 2.33. The molecule has 0 aromatic heterocycles. The second-order valence-electron chi connectivity index (χ2n) is 13.0. The predicted molar refractivity (Wildman–Crippen MR) is 182 cm³/mol. The highest BCUT2D eigenvalue weighted by molar-refractivity contribution is 5.87. The fourth-order valence-electron chi connectivity index (χ4n) is 6.02. The van der Waals surface area contributed by atoms with Crippen LogP contribution in [0.15, 0.2) is 60.7 Å². The Morgan fingerprint density at radius 2 is 1.20 bits per heavy atom. The van der Waals surface area contributed by atoms with Gasteiger partial charge in [-0.1, -0.05) is 36.4 Å². The van der Waals surface area contributed by atoms with Crippen LogP contribution in [0.4, 0.5) is 0 Å². The average molecular weight is 767 g/mol. The van der Waals surface area contributed by atoms with Crippen molar-refractivity contribution < 1.29 is 89.0 Å². The van der Waals surface area contributed by atoms with E-state index in [1.807, 2.05) is 0 Å². The quantitative estimate of drug-likeness (QED) is 0.0770. The summed E-state index contributed by atoms with van der Waals surface area (Å²) in [4.78, 5) is 12.5. The molecule has 18 heteroatoms. The number of phenolic OH excluding ortho intramolecular Hbond substituents is 2. The normalized spacial score (nSPS) is 37.5. The molecule has 54 heavy (non-hydrogen) atoms. The maximum Gasteiger partial charge on any atom is 0.330 e. The number of hydrogen-bond acceptors (Lipinski definition) is 18. The molecule has 2 aromatic rings. The molecule has 18 nitrogen and oxygen atoms in total. The van der Waals surface area contributed by atoms with Gasteiger partial charge in [0.25, 0.3) is 0 Å². The Morgan fingerprint density at radius 3 is 1.83 bits per heavy atom. The first-order valence-corrected chi connectivity index (χ1v) is 17.1. The standard InChI is InChI=1S/C36H46O18/c1-17-32(53-36-29(45)27(43)25(41)22(15-37)51-36)28(44)30(46)35(50-17)54-33-26(42)23(16-49-24(40)13-8-19-6-11-21(39)12-7-19)52-34(31(33)47)48-14-2-3-18-4-9-20(38)10-5-18/h2-13,17,22-23,25-39,41-47H,14-16H2,1H3. The van der Waals surface area contributed by atoms with Crippen molar-refractivity contribution in [2.75, 3.05) is 19.8 Å². The van der Waals surface area contributed by atoms with Crippen LogP contribution < -0.4 is 0 Å². The number of hydrogen-bond donors (Lipinski definition) is 10. The van der Waals surface area contributed by atoms with Gasteiger partial charge in [-0.3, -0.25) is 0 Å². The fraction of sp³-hybridized carbons (Fsp3) is 0.528. The number of ether oxygens (including phenoxy) is 7. The molecule has 5 rings (SSSR count). The molecule has 3 fully saturated rings. The smallest absolute Gasteiger partial charge is 0.330 e. The first-order valence-electron chi connectivity index (χ1n) is 17.1. The van der Waals surface area contributed by atoms with Gasteiger partial charge in [0.2, 0.25) is 0 Å². The van der Waals surface area contributed by atoms with E-state index in [2.05, 4.69) is 0 Å². The van der Waals surface area contributed by atoms with Gasteiger partial charge in [-0.25, -0.2) is 4.79 Å². The number of phenols is 2. The van der Waals surface area contributed by atoms with Crippen molar-refractivity contribution in [2.45, 2.75) is 99.0 Å². The van der Waals surface area contributed by atoms with Crippen molar-refractivity contribution in [3.8, 4) is 11.5 Å². The van der Waals surface area contributed by atoms with Crippen LogP contribution in [0.2, 0.25) is 0 Å². The molecule has 10 N–H and O–H groups in total. The molecule has 3 aliphatic rings. The lowest BCUT2D eigenvalue weighted by Crippen LogP contribution is -2.66. The third-order valence-electron chi connectivity index (χ3n) is 9.10. The topological polar surface area (TPSA) is 284 Å². The molecule has 298 valence electrons. The van der Waals surface area contributed by atoms with E-state index >= 15 is 0 Å². The molecule has 3 heterocycles. The zero-order valence-corrected chi connectivity index (χ0v) is 28.9. The summed E-state index contributed by atoms with van der Waals surface area (Å²) in [5, 5.41) is 104. The van der Waals surface area contributed by atoms with Gasteiger partial charge in [-0.2, -0.15) is 0 Å². The van der Waals surface area contributed by atoms with E-state index in [9.17, 15) is 55.9 Å². The number of benzene rings is 2. The summed E-state index contributed by atoms with van der Waals surface area (Å²) in [6.45, 7) is 0.0200. The highest BCUT2D eigenvalue weighted by atomic mass is 16.8. The molecule has 0 radical (unpaired) electrons. The molecule has 2 aromatic carbocycles. The van der Waals surface area contributed by atoms with Crippen LogP contribution >= 0.6 is 0 Å². The van der Waals surface area contributed by atoms with Crippen LogP contribution in [0.25, 0.3) is 12.2 Å². The van der Waals surface area contributed by atoms with Gasteiger partial charge in [0.05, 0.1) is 19.3 Å². The number of aliphatic hydroxyl groups excluding tert-OH is 8. The van der Waals surface area contributed by atoms with Crippen molar-refractivity contribution >= 4 is 18.1 Å². The molecule has 15 unspecified atom stereocenters. The van der Waals surface area contributed by atoms with Gasteiger partial charge >= 0.3 is 5.97 Å². The number of esters is 1. The highest BCUT2D eigenvalue weighted by Gasteiger charge is 2.53. The van der Waals surface area contributed by atoms with Gasteiger partial charge in [0, 0.05) is 6.08 Å². The van der Waals surface area contributed by atoms with E-state index in [0.29, 0.717) is 5.56 Å². The largest absolute Gasteiger partial charge is 0.508 e. The zero-order valence-electron chi connectivity index (χ0n) is 28.9. The summed E-state index contributed by atoms with van der Waals surface area (Å²) in [5.74, 6) is -0.689. The van der Waals surface area contributed by atoms with Gasteiger partial charge in [0.15, 0.2) is 18.9 Å². The Labute approximate surface area is 309 Å². The molecule has 15 atom stereocenters. The van der Waals surface area contributed by atoms with Crippen LogP contribution in [0, 0.1) is 0 Å². The Hall–Kier alpha value is -3.57. The van der Waals surface area contributed by atoms with Gasteiger partial charge in [-0.15, -0.1) is 0 Å². The van der Waals surface area contributed by atoms with E-state index in [-0.39, 0.29) is 18.1 Å². The Balaban J connectivity index is 1.26. The fourth-order valence-corrected chi connectivity index (χ4v) is 6.02. The van der Waals surface area contributed by atoms with E-state index in [4.69, 9.17) is 33.2 Å². The minimum absolute atomic E-state index is 0.0427.